The van der Waals surface area contributed by atoms with Crippen LogP contribution in [-0.2, 0) is 68.0 Å². The van der Waals surface area contributed by atoms with Crippen molar-refractivity contribution in [2.45, 2.75) is 263 Å². The van der Waals surface area contributed by atoms with Gasteiger partial charge in [-0.05, 0) is 322 Å². The molecule has 0 heterocycles. The van der Waals surface area contributed by atoms with Crippen molar-refractivity contribution in [2.24, 2.45) is 32.5 Å². The minimum Gasteiger partial charge on any atom is -0.490 e. The van der Waals surface area contributed by atoms with E-state index in [-0.39, 0.29) is 129 Å². The quantitative estimate of drug-likeness (QED) is 0.0116. The van der Waals surface area contributed by atoms with Crippen LogP contribution in [0.3, 0.4) is 0 Å². The summed E-state index contributed by atoms with van der Waals surface area (Å²) >= 11 is 0. The Labute approximate surface area is 747 Å². The number of carbonyl (C=O) groups excluding carboxylic acids is 9. The molecule has 0 amide bonds. The smallest absolute Gasteiger partial charge is 0.314 e. The van der Waals surface area contributed by atoms with Crippen molar-refractivity contribution >= 4 is 71.4 Å². The third-order valence-electron chi connectivity index (χ3n) is 18.3. The summed E-state index contributed by atoms with van der Waals surface area (Å²) in [7, 11) is 0. The van der Waals surface area contributed by atoms with Gasteiger partial charge in [-0.25, -0.2) is 0 Å². The van der Waals surface area contributed by atoms with Gasteiger partial charge in [0.1, 0.15) is 51.7 Å². The molecule has 126 heavy (non-hydrogen) atoms. The number of carbonyl (C=O) groups is 9. The lowest BCUT2D eigenvalue weighted by Gasteiger charge is -2.28. The standard InChI is InChI=1S/C35H48O8.C34H46O8.C33H44O8/c1-12-35(10,11)27-19-25(29(43-23(2)3)20-30(27)40-22-42-32(38)34(7,8)9)15-18-28(36)24-13-16-26(17-14-24)39-21-41-31(37)33(4,5)6;1-22(2)42-28-19-29(39-21-41-31(37)34(9,10)11)26(32(3,4)5)18-24(28)14-17-27(35)23-12-15-25(16-13-23)38-20-40-30(36)33(6,7)8;1-21(2)26-17-24(28(41-22(3)4)18-29(26)38-20-40-31(36)33(8,9)10)13-16-27(34)23-11-14-25(15-12-23)37-19-39-30(35)32(5,6)7/h13-20,23H,12,21-22H2,1-11H3;12-19,22H,20-21H2,1-11H3;11-18,21-22H,19-20H2,1-10H3/b18-15+;17-14+;16-13+. The highest BCUT2D eigenvalue weighted by molar-refractivity contribution is 6.08. The Balaban J connectivity index is 0.000000396. The summed E-state index contributed by atoms with van der Waals surface area (Å²) in [6, 6.07) is 30.9. The number of ketones is 3. The van der Waals surface area contributed by atoms with E-state index in [1.165, 1.54) is 18.2 Å². The van der Waals surface area contributed by atoms with E-state index in [0.29, 0.717) is 74.0 Å². The molecule has 0 fully saturated rings. The monoisotopic (exact) mass is 1750 g/mol. The largest absolute Gasteiger partial charge is 0.490 e. The molecule has 0 saturated heterocycles. The van der Waals surface area contributed by atoms with Crippen molar-refractivity contribution in [2.75, 3.05) is 40.8 Å². The summed E-state index contributed by atoms with van der Waals surface area (Å²) in [5, 5.41) is 0. The molecule has 0 aliphatic carbocycles. The Morgan fingerprint density at radius 2 is 0.516 bits per heavy atom. The van der Waals surface area contributed by atoms with E-state index in [1.807, 2.05) is 94.4 Å². The lowest BCUT2D eigenvalue weighted by atomic mass is 9.80. The second-order valence-electron chi connectivity index (χ2n) is 39.2. The van der Waals surface area contributed by atoms with Crippen LogP contribution in [0.4, 0.5) is 0 Å². The van der Waals surface area contributed by atoms with Crippen molar-refractivity contribution < 1.29 is 114 Å². The van der Waals surface area contributed by atoms with Crippen molar-refractivity contribution in [3.63, 3.8) is 0 Å². The van der Waals surface area contributed by atoms with E-state index in [4.69, 9.17) is 71.1 Å². The van der Waals surface area contributed by atoms with Crippen molar-refractivity contribution in [1.82, 2.24) is 0 Å². The van der Waals surface area contributed by atoms with Crippen molar-refractivity contribution in [3.8, 4) is 51.7 Å². The number of allylic oxidation sites excluding steroid dienone is 3. The Morgan fingerprint density at radius 1 is 0.286 bits per heavy atom. The normalized spacial score (nSPS) is 12.2. The Bertz CT molecular complexity index is 4730. The summed E-state index contributed by atoms with van der Waals surface area (Å²) in [5.74, 6) is 2.00. The Kier molecular flexibility index (Phi) is 39.6. The second kappa shape index (κ2) is 46.7. The molecule has 24 heteroatoms. The van der Waals surface area contributed by atoms with Gasteiger partial charge in [0, 0.05) is 62.7 Å². The first kappa shape index (κ1) is 107. The summed E-state index contributed by atoms with van der Waals surface area (Å²) in [5.41, 5.74) is 1.85. The van der Waals surface area contributed by atoms with Crippen LogP contribution in [0.25, 0.3) is 18.2 Å². The van der Waals surface area contributed by atoms with Gasteiger partial charge in [0.15, 0.2) is 17.3 Å². The summed E-state index contributed by atoms with van der Waals surface area (Å²) in [6.45, 7) is 58.6. The van der Waals surface area contributed by atoms with Gasteiger partial charge in [-0.2, -0.15) is 0 Å². The highest BCUT2D eigenvalue weighted by Crippen LogP contribution is 2.42. The average Bonchev–Trinajstić information content (AvgIpc) is 0.797. The Hall–Kier alpha value is -11.4. The van der Waals surface area contributed by atoms with Gasteiger partial charge in [-0.15, -0.1) is 0 Å². The van der Waals surface area contributed by atoms with Crippen LogP contribution in [0, 0.1) is 32.5 Å². The highest BCUT2D eigenvalue weighted by atomic mass is 16.7. The lowest BCUT2D eigenvalue weighted by molar-refractivity contribution is -0.160. The molecule has 0 aromatic heterocycles. The zero-order valence-electron chi connectivity index (χ0n) is 80.4. The van der Waals surface area contributed by atoms with E-state index in [2.05, 4.69) is 20.8 Å². The maximum absolute atomic E-state index is 13.1. The first-order valence-electron chi connectivity index (χ1n) is 42.4. The molecular formula is C102H138O24. The second-order valence-corrected chi connectivity index (χ2v) is 39.2. The van der Waals surface area contributed by atoms with E-state index < -0.39 is 32.5 Å². The zero-order chi connectivity index (χ0) is 95.4. The number of hydrogen-bond donors (Lipinski definition) is 0. The van der Waals surface area contributed by atoms with E-state index in [1.54, 1.807) is 234 Å². The van der Waals surface area contributed by atoms with Crippen molar-refractivity contribution in [3.05, 3.63) is 177 Å². The molecule has 0 saturated carbocycles. The number of ether oxygens (including phenoxy) is 15. The number of benzene rings is 6. The minimum absolute atomic E-state index is 0.0921. The highest BCUT2D eigenvalue weighted by Gasteiger charge is 2.32. The maximum atomic E-state index is 13.1. The molecule has 0 aliphatic heterocycles. The van der Waals surface area contributed by atoms with Crippen LogP contribution in [0.2, 0.25) is 0 Å². The molecule has 0 spiro atoms. The third-order valence-corrected chi connectivity index (χ3v) is 18.3. The molecule has 0 atom stereocenters. The predicted molar refractivity (Wildman–Crippen MR) is 488 cm³/mol. The first-order valence-corrected chi connectivity index (χ1v) is 42.4. The molecule has 0 radical (unpaired) electrons. The van der Waals surface area contributed by atoms with E-state index >= 15 is 0 Å². The van der Waals surface area contributed by atoms with Crippen LogP contribution in [-0.4, -0.2) is 112 Å². The van der Waals surface area contributed by atoms with Crippen LogP contribution >= 0.6 is 0 Å². The summed E-state index contributed by atoms with van der Waals surface area (Å²) in [6.07, 6.45) is 10.1. The summed E-state index contributed by atoms with van der Waals surface area (Å²) in [4.78, 5) is 111. The SMILES string of the molecule is CC(C)Oc1cc(OCOC(=O)C(C)(C)C)c(C(C)(C)C)cc1/C=C/C(=O)c1ccc(OCOC(=O)C(C)(C)C)cc1.CC(C)Oc1cc(OCOC(=O)C(C)(C)C)c(C(C)C)cc1/C=C/C(=O)c1ccc(OCOC(=O)C(C)(C)C)cc1.CCC(C)(C)c1cc(/C=C/C(=O)c2ccc(OCOC(=O)C(C)(C)C)cc2)c(OC(C)C)cc1OCOC(=O)C(C)(C)C. The number of rotatable bonds is 36. The Morgan fingerprint density at radius 3 is 0.754 bits per heavy atom. The van der Waals surface area contributed by atoms with Crippen LogP contribution in [0.5, 0.6) is 51.7 Å². The molecular weight excluding hydrogens is 1610 g/mol. The topological polar surface area (TPSA) is 292 Å². The van der Waals surface area contributed by atoms with E-state index in [9.17, 15) is 43.2 Å². The average molecular weight is 1750 g/mol. The first-order chi connectivity index (χ1) is 58.1. The number of hydrogen-bond acceptors (Lipinski definition) is 24. The molecule has 6 aromatic rings. The molecule has 24 nitrogen and oxygen atoms in total. The molecule has 0 bridgehead atoms. The fourth-order valence-corrected chi connectivity index (χ4v) is 10.5. The zero-order valence-corrected chi connectivity index (χ0v) is 80.4. The summed E-state index contributed by atoms with van der Waals surface area (Å²) < 4.78 is 83.7. The van der Waals surface area contributed by atoms with Gasteiger partial charge < -0.3 is 71.1 Å². The van der Waals surface area contributed by atoms with Crippen LogP contribution < -0.4 is 42.6 Å². The van der Waals surface area contributed by atoms with Gasteiger partial charge in [-0.1, -0.05) is 55.4 Å². The predicted octanol–water partition coefficient (Wildman–Crippen LogP) is 22.8. The van der Waals surface area contributed by atoms with Gasteiger partial charge in [0.25, 0.3) is 0 Å². The fraction of sp³-hybridized carbons (Fsp3) is 0.500. The van der Waals surface area contributed by atoms with Crippen LogP contribution in [0.15, 0.2) is 127 Å². The molecule has 6 rings (SSSR count). The van der Waals surface area contributed by atoms with Crippen LogP contribution in [0.1, 0.15) is 298 Å². The van der Waals surface area contributed by atoms with Crippen molar-refractivity contribution in [1.29, 1.82) is 0 Å². The van der Waals surface area contributed by atoms with Gasteiger partial charge in [0.2, 0.25) is 40.8 Å². The number of esters is 6. The third kappa shape index (κ3) is 36.3. The molecule has 0 unspecified atom stereocenters. The molecule has 0 N–H and O–H groups in total. The minimum atomic E-state index is -0.643. The molecule has 690 valence electrons. The van der Waals surface area contributed by atoms with Gasteiger partial charge in [0.05, 0.1) is 50.8 Å². The molecule has 6 aromatic carbocycles. The molecule has 0 aliphatic rings. The fourth-order valence-electron chi connectivity index (χ4n) is 10.5. The van der Waals surface area contributed by atoms with Gasteiger partial charge in [-0.3, -0.25) is 43.2 Å². The van der Waals surface area contributed by atoms with Gasteiger partial charge >= 0.3 is 35.8 Å². The lowest BCUT2D eigenvalue weighted by Crippen LogP contribution is -2.25. The maximum Gasteiger partial charge on any atom is 0.314 e. The van der Waals surface area contributed by atoms with E-state index in [0.717, 1.165) is 34.2 Å².